The fourth-order valence-corrected chi connectivity index (χ4v) is 2.44. The van der Waals surface area contributed by atoms with Crippen molar-refractivity contribution in [1.82, 2.24) is 4.90 Å². The molecule has 6 heteroatoms. The number of benzene rings is 1. The molecule has 1 saturated heterocycles. The van der Waals surface area contributed by atoms with Gasteiger partial charge in [0, 0.05) is 6.54 Å². The molecule has 0 saturated carbocycles. The van der Waals surface area contributed by atoms with Gasteiger partial charge in [0.1, 0.15) is 6.04 Å². The Morgan fingerprint density at radius 1 is 1.33 bits per heavy atom. The average Bonchev–Trinajstić information content (AvgIpc) is 2.49. The molecular weight excluding hydrogens is 277 g/mol. The minimum Gasteiger partial charge on any atom is -0.490 e. The van der Waals surface area contributed by atoms with Crippen LogP contribution in [0.2, 0.25) is 0 Å². The summed E-state index contributed by atoms with van der Waals surface area (Å²) in [5.74, 6) is -1.62. The van der Waals surface area contributed by atoms with Crippen molar-refractivity contribution in [2.45, 2.75) is 31.7 Å². The Hall–Kier alpha value is -2.11. The molecule has 114 valence electrons. The minimum atomic E-state index is -0.974. The van der Waals surface area contributed by atoms with Crippen molar-refractivity contribution < 1.29 is 23.8 Å². The van der Waals surface area contributed by atoms with Crippen LogP contribution in [0.3, 0.4) is 0 Å². The maximum absolute atomic E-state index is 13.3. The van der Waals surface area contributed by atoms with E-state index in [9.17, 15) is 14.0 Å². The Morgan fingerprint density at radius 3 is 2.81 bits per heavy atom. The summed E-state index contributed by atoms with van der Waals surface area (Å²) in [7, 11) is 0. The lowest BCUT2D eigenvalue weighted by atomic mass is 10.0. The molecule has 0 radical (unpaired) electrons. The zero-order chi connectivity index (χ0) is 15.2. The number of hydrogen-bond donors (Lipinski definition) is 1. The summed E-state index contributed by atoms with van der Waals surface area (Å²) in [6.07, 6.45) is 2.14. The van der Waals surface area contributed by atoms with Gasteiger partial charge in [-0.1, -0.05) is 12.1 Å². The second kappa shape index (κ2) is 7.06. The number of carboxylic acid groups (broad SMARTS) is 1. The summed E-state index contributed by atoms with van der Waals surface area (Å²) in [6.45, 7) is 0.484. The first-order chi connectivity index (χ1) is 10.1. The number of carbonyl (C=O) groups excluding carboxylic acids is 1. The molecule has 21 heavy (non-hydrogen) atoms. The van der Waals surface area contributed by atoms with Crippen LogP contribution in [0.4, 0.5) is 4.39 Å². The number of amides is 1. The first-order valence-corrected chi connectivity index (χ1v) is 6.99. The molecule has 1 heterocycles. The molecule has 0 bridgehead atoms. The molecule has 1 N–H and O–H groups in total. The Bertz CT molecular complexity index is 520. The number of hydrogen-bond acceptors (Lipinski definition) is 3. The van der Waals surface area contributed by atoms with Gasteiger partial charge in [-0.2, -0.15) is 0 Å². The van der Waals surface area contributed by atoms with Crippen molar-refractivity contribution in [3.8, 4) is 5.75 Å². The first kappa shape index (κ1) is 15.3. The highest BCUT2D eigenvalue weighted by molar-refractivity contribution is 5.83. The van der Waals surface area contributed by atoms with E-state index < -0.39 is 17.8 Å². The molecule has 0 spiro atoms. The lowest BCUT2D eigenvalue weighted by Crippen LogP contribution is -2.48. The van der Waals surface area contributed by atoms with Crippen LogP contribution < -0.4 is 4.74 Å². The zero-order valence-corrected chi connectivity index (χ0v) is 11.6. The number of rotatable bonds is 5. The number of para-hydroxylation sites is 1. The van der Waals surface area contributed by atoms with E-state index >= 15 is 0 Å². The topological polar surface area (TPSA) is 66.8 Å². The fourth-order valence-electron chi connectivity index (χ4n) is 2.44. The van der Waals surface area contributed by atoms with Crippen LogP contribution in [0.15, 0.2) is 24.3 Å². The molecule has 2 rings (SSSR count). The third kappa shape index (κ3) is 3.93. The van der Waals surface area contributed by atoms with Crippen molar-refractivity contribution in [3.63, 3.8) is 0 Å². The number of piperidine rings is 1. The Labute approximate surface area is 122 Å². The molecule has 1 amide bonds. The highest BCUT2D eigenvalue weighted by Gasteiger charge is 2.31. The highest BCUT2D eigenvalue weighted by atomic mass is 19.1. The lowest BCUT2D eigenvalue weighted by Gasteiger charge is -2.33. The van der Waals surface area contributed by atoms with Crippen LogP contribution in [0, 0.1) is 5.82 Å². The molecule has 1 atom stereocenters. The van der Waals surface area contributed by atoms with Gasteiger partial charge in [0.25, 0.3) is 0 Å². The second-order valence-electron chi connectivity index (χ2n) is 4.97. The van der Waals surface area contributed by atoms with Crippen LogP contribution in [0.25, 0.3) is 0 Å². The molecule has 5 nitrogen and oxygen atoms in total. The van der Waals surface area contributed by atoms with E-state index in [4.69, 9.17) is 9.84 Å². The van der Waals surface area contributed by atoms with Gasteiger partial charge < -0.3 is 14.7 Å². The smallest absolute Gasteiger partial charge is 0.326 e. The summed E-state index contributed by atoms with van der Waals surface area (Å²) in [5, 5.41) is 9.12. The van der Waals surface area contributed by atoms with E-state index in [1.807, 2.05) is 0 Å². The van der Waals surface area contributed by atoms with Crippen LogP contribution in [-0.2, 0) is 9.59 Å². The van der Waals surface area contributed by atoms with E-state index in [0.29, 0.717) is 13.0 Å². The first-order valence-electron chi connectivity index (χ1n) is 6.99. The number of carbonyl (C=O) groups is 2. The van der Waals surface area contributed by atoms with Gasteiger partial charge in [0.05, 0.1) is 13.0 Å². The Balaban J connectivity index is 1.86. The minimum absolute atomic E-state index is 0.0304. The number of carboxylic acids is 1. The average molecular weight is 295 g/mol. The Kier molecular flexibility index (Phi) is 5.14. The number of halogens is 1. The van der Waals surface area contributed by atoms with Gasteiger partial charge in [0.15, 0.2) is 11.6 Å². The van der Waals surface area contributed by atoms with Crippen LogP contribution in [0.5, 0.6) is 5.75 Å². The predicted molar refractivity (Wildman–Crippen MR) is 73.5 cm³/mol. The Morgan fingerprint density at radius 2 is 2.10 bits per heavy atom. The number of likely N-dealkylation sites (tertiary alicyclic amines) is 1. The van der Waals surface area contributed by atoms with E-state index in [0.717, 1.165) is 12.8 Å². The molecule has 1 aliphatic heterocycles. The number of aliphatic carboxylic acids is 1. The predicted octanol–water partition coefficient (Wildman–Crippen LogP) is 2.06. The normalized spacial score (nSPS) is 18.3. The number of nitrogens with zero attached hydrogens (tertiary/aromatic N) is 1. The van der Waals surface area contributed by atoms with Gasteiger partial charge >= 0.3 is 5.97 Å². The monoisotopic (exact) mass is 295 g/mol. The maximum Gasteiger partial charge on any atom is 0.326 e. The van der Waals surface area contributed by atoms with Crippen molar-refractivity contribution in [3.05, 3.63) is 30.1 Å². The van der Waals surface area contributed by atoms with Crippen molar-refractivity contribution >= 4 is 11.9 Å². The summed E-state index contributed by atoms with van der Waals surface area (Å²) >= 11 is 0. The fraction of sp³-hybridized carbons (Fsp3) is 0.467. The zero-order valence-electron chi connectivity index (χ0n) is 11.6. The molecule has 0 aromatic heterocycles. The van der Waals surface area contributed by atoms with Gasteiger partial charge in [-0.05, 0) is 31.4 Å². The SMILES string of the molecule is O=C(O)C1CCCCN1C(=O)CCOc1ccccc1F. The molecule has 0 aliphatic carbocycles. The van der Waals surface area contributed by atoms with E-state index in [-0.39, 0.29) is 24.7 Å². The van der Waals surface area contributed by atoms with Gasteiger partial charge in [-0.3, -0.25) is 4.79 Å². The number of ether oxygens (including phenoxy) is 1. The second-order valence-corrected chi connectivity index (χ2v) is 4.97. The van der Waals surface area contributed by atoms with Crippen LogP contribution >= 0.6 is 0 Å². The molecular formula is C15H18FNO4. The molecule has 1 fully saturated rings. The standard InChI is InChI=1S/C15H18FNO4/c16-11-5-1-2-7-13(11)21-10-8-14(18)17-9-4-3-6-12(17)15(19)20/h1-2,5,7,12H,3-4,6,8-10H2,(H,19,20). The summed E-state index contributed by atoms with van der Waals surface area (Å²) in [6, 6.07) is 5.21. The molecule has 1 aliphatic rings. The van der Waals surface area contributed by atoms with Gasteiger partial charge in [-0.25, -0.2) is 9.18 Å². The lowest BCUT2D eigenvalue weighted by molar-refractivity contribution is -0.152. The van der Waals surface area contributed by atoms with E-state index in [1.165, 1.54) is 17.0 Å². The highest BCUT2D eigenvalue weighted by Crippen LogP contribution is 2.19. The summed E-state index contributed by atoms with van der Waals surface area (Å²) in [4.78, 5) is 24.6. The quantitative estimate of drug-likeness (QED) is 0.903. The van der Waals surface area contributed by atoms with Crippen molar-refractivity contribution in [2.24, 2.45) is 0 Å². The molecule has 1 aromatic carbocycles. The van der Waals surface area contributed by atoms with E-state index in [2.05, 4.69) is 0 Å². The third-order valence-electron chi connectivity index (χ3n) is 3.52. The van der Waals surface area contributed by atoms with Crippen LogP contribution in [-0.4, -0.2) is 41.1 Å². The largest absolute Gasteiger partial charge is 0.490 e. The third-order valence-corrected chi connectivity index (χ3v) is 3.52. The van der Waals surface area contributed by atoms with Crippen molar-refractivity contribution in [1.29, 1.82) is 0 Å². The van der Waals surface area contributed by atoms with Gasteiger partial charge in [0.2, 0.25) is 5.91 Å². The summed E-state index contributed by atoms with van der Waals surface area (Å²) < 4.78 is 18.6. The van der Waals surface area contributed by atoms with Crippen molar-refractivity contribution in [2.75, 3.05) is 13.2 Å². The molecule has 1 aromatic rings. The van der Waals surface area contributed by atoms with E-state index in [1.54, 1.807) is 12.1 Å². The maximum atomic E-state index is 13.3. The van der Waals surface area contributed by atoms with Gasteiger partial charge in [-0.15, -0.1) is 0 Å². The summed E-state index contributed by atoms with van der Waals surface area (Å²) in [5.41, 5.74) is 0. The molecule has 1 unspecified atom stereocenters. The van der Waals surface area contributed by atoms with Crippen LogP contribution in [0.1, 0.15) is 25.7 Å².